The molecule has 0 spiro atoms. The van der Waals surface area contributed by atoms with E-state index in [9.17, 15) is 9.59 Å². The summed E-state index contributed by atoms with van der Waals surface area (Å²) in [4.78, 5) is 23.1. The van der Waals surface area contributed by atoms with Crippen LogP contribution in [-0.4, -0.2) is 17.0 Å². The third-order valence-corrected chi connectivity index (χ3v) is 6.17. The van der Waals surface area contributed by atoms with Crippen molar-refractivity contribution < 1.29 is 19.4 Å². The summed E-state index contributed by atoms with van der Waals surface area (Å²) in [6.07, 6.45) is 4.74. The predicted molar refractivity (Wildman–Crippen MR) is 119 cm³/mol. The molecule has 154 valence electrons. The number of rotatable bonds is 8. The number of amides is 1. The Hall–Kier alpha value is -1.86. The van der Waals surface area contributed by atoms with Gasteiger partial charge in [0.05, 0.1) is 8.95 Å². The third-order valence-electron chi connectivity index (χ3n) is 4.99. The summed E-state index contributed by atoms with van der Waals surface area (Å²) < 4.78 is 7.50. The van der Waals surface area contributed by atoms with Crippen molar-refractivity contribution in [2.45, 2.75) is 45.1 Å². The van der Waals surface area contributed by atoms with Crippen LogP contribution in [0.4, 0.5) is 5.69 Å². The molecule has 2 aromatic carbocycles. The van der Waals surface area contributed by atoms with Gasteiger partial charge >= 0.3 is 5.97 Å². The number of carbonyl (C=O) groups is 2. The molecule has 29 heavy (non-hydrogen) atoms. The molecule has 3 rings (SSSR count). The molecule has 0 saturated heterocycles. The van der Waals surface area contributed by atoms with Crippen LogP contribution in [0.15, 0.2) is 45.3 Å². The molecule has 1 aliphatic carbocycles. The van der Waals surface area contributed by atoms with Crippen LogP contribution in [-0.2, 0) is 22.6 Å². The molecule has 0 atom stereocenters. The number of carbonyl (C=O) groups excluding carboxylic acids is 1. The normalized spacial score (nSPS) is 14.0. The molecule has 1 saturated carbocycles. The van der Waals surface area contributed by atoms with Crippen LogP contribution in [0.1, 0.15) is 43.2 Å². The van der Waals surface area contributed by atoms with E-state index in [1.807, 2.05) is 36.4 Å². The largest absolute Gasteiger partial charge is 0.487 e. The number of aryl methyl sites for hydroxylation is 1. The van der Waals surface area contributed by atoms with E-state index in [-0.39, 0.29) is 18.2 Å². The van der Waals surface area contributed by atoms with Gasteiger partial charge in [-0.15, -0.1) is 0 Å². The van der Waals surface area contributed by atoms with Gasteiger partial charge in [0.25, 0.3) is 0 Å². The monoisotopic (exact) mass is 523 g/mol. The lowest BCUT2D eigenvalue weighted by Gasteiger charge is -2.14. The van der Waals surface area contributed by atoms with Gasteiger partial charge in [-0.05, 0) is 86.5 Å². The first-order valence-corrected chi connectivity index (χ1v) is 11.2. The van der Waals surface area contributed by atoms with E-state index in [2.05, 4.69) is 37.2 Å². The van der Waals surface area contributed by atoms with E-state index in [4.69, 9.17) is 9.84 Å². The molecular formula is C22H23Br2NO4. The first kappa shape index (κ1) is 21.8. The summed E-state index contributed by atoms with van der Waals surface area (Å²) in [6.45, 7) is 0.346. The third kappa shape index (κ3) is 6.31. The second kappa shape index (κ2) is 10.3. The molecule has 0 aromatic heterocycles. The molecule has 2 N–H and O–H groups in total. The molecular weight excluding hydrogens is 502 g/mol. The van der Waals surface area contributed by atoms with Gasteiger partial charge in [-0.2, -0.15) is 0 Å². The number of carboxylic acid groups (broad SMARTS) is 1. The van der Waals surface area contributed by atoms with Crippen LogP contribution >= 0.6 is 31.9 Å². The zero-order chi connectivity index (χ0) is 20.8. The number of nitrogens with one attached hydrogen (secondary N) is 1. The van der Waals surface area contributed by atoms with Gasteiger partial charge in [0.15, 0.2) is 0 Å². The summed E-state index contributed by atoms with van der Waals surface area (Å²) in [5.41, 5.74) is 2.64. The van der Waals surface area contributed by atoms with Gasteiger partial charge in [0, 0.05) is 18.0 Å². The van der Waals surface area contributed by atoms with E-state index < -0.39 is 5.97 Å². The fraction of sp³-hybridized carbons (Fsp3) is 0.364. The lowest BCUT2D eigenvalue weighted by Crippen LogP contribution is -2.20. The minimum atomic E-state index is -0.822. The number of anilines is 1. The van der Waals surface area contributed by atoms with E-state index in [1.165, 1.54) is 0 Å². The standard InChI is InChI=1S/C22H23Br2NO4/c23-18-11-14(8-9-20(26)27)12-19(24)21(18)29-13-15-4-3-7-17(10-15)25-22(28)16-5-1-2-6-16/h3-4,7,10-12,16H,1-2,5-6,8-9,13H2,(H,25,28)(H,26,27). The molecule has 1 fully saturated rings. The average Bonchev–Trinajstić information content (AvgIpc) is 3.21. The van der Waals surface area contributed by atoms with Gasteiger partial charge in [0.1, 0.15) is 12.4 Å². The maximum absolute atomic E-state index is 12.3. The molecule has 5 nitrogen and oxygen atoms in total. The highest BCUT2D eigenvalue weighted by atomic mass is 79.9. The number of aliphatic carboxylic acids is 1. The number of hydrogen-bond donors (Lipinski definition) is 2. The Morgan fingerprint density at radius 2 is 1.76 bits per heavy atom. The van der Waals surface area contributed by atoms with Crippen molar-refractivity contribution in [1.82, 2.24) is 0 Å². The molecule has 0 bridgehead atoms. The highest BCUT2D eigenvalue weighted by Crippen LogP contribution is 2.36. The highest BCUT2D eigenvalue weighted by molar-refractivity contribution is 9.11. The van der Waals surface area contributed by atoms with Crippen molar-refractivity contribution >= 4 is 49.4 Å². The molecule has 0 radical (unpaired) electrons. The zero-order valence-corrected chi connectivity index (χ0v) is 19.1. The fourth-order valence-electron chi connectivity index (χ4n) is 3.47. The molecule has 0 heterocycles. The summed E-state index contributed by atoms with van der Waals surface area (Å²) >= 11 is 7.01. The van der Waals surface area contributed by atoms with E-state index in [0.29, 0.717) is 18.8 Å². The first-order chi connectivity index (χ1) is 13.9. The molecule has 2 aromatic rings. The van der Waals surface area contributed by atoms with Gasteiger partial charge in [-0.1, -0.05) is 25.0 Å². The predicted octanol–water partition coefficient (Wildman–Crippen LogP) is 5.94. The van der Waals surface area contributed by atoms with Crippen LogP contribution < -0.4 is 10.1 Å². The van der Waals surface area contributed by atoms with E-state index >= 15 is 0 Å². The van der Waals surface area contributed by atoms with Crippen molar-refractivity contribution in [1.29, 1.82) is 0 Å². The lowest BCUT2D eigenvalue weighted by molar-refractivity contribution is -0.137. The van der Waals surface area contributed by atoms with Crippen LogP contribution in [0.25, 0.3) is 0 Å². The number of carboxylic acids is 1. The van der Waals surface area contributed by atoms with E-state index in [1.54, 1.807) is 0 Å². The Bertz CT molecular complexity index is 871. The number of halogens is 2. The smallest absolute Gasteiger partial charge is 0.303 e. The maximum atomic E-state index is 12.3. The minimum absolute atomic E-state index is 0.0818. The quantitative estimate of drug-likeness (QED) is 0.448. The molecule has 0 aliphatic heterocycles. The SMILES string of the molecule is O=C(O)CCc1cc(Br)c(OCc2cccc(NC(=O)C3CCCC3)c2)c(Br)c1. The average molecular weight is 525 g/mol. The van der Waals surface area contributed by atoms with Crippen LogP contribution in [0, 0.1) is 5.92 Å². The Kier molecular flexibility index (Phi) is 7.72. The minimum Gasteiger partial charge on any atom is -0.487 e. The van der Waals surface area contributed by atoms with Crippen molar-refractivity contribution in [3.05, 3.63) is 56.5 Å². The Balaban J connectivity index is 1.62. The molecule has 1 aliphatic rings. The number of benzene rings is 2. The van der Waals surface area contributed by atoms with Gasteiger partial charge in [-0.25, -0.2) is 0 Å². The Labute approximate surface area is 187 Å². The van der Waals surface area contributed by atoms with Gasteiger partial charge in [0.2, 0.25) is 5.91 Å². The highest BCUT2D eigenvalue weighted by Gasteiger charge is 2.22. The summed E-state index contributed by atoms with van der Waals surface area (Å²) in [5.74, 6) is 0.0615. The summed E-state index contributed by atoms with van der Waals surface area (Å²) in [5, 5.41) is 11.9. The number of ether oxygens (including phenoxy) is 1. The van der Waals surface area contributed by atoms with Crippen molar-refractivity contribution in [2.75, 3.05) is 5.32 Å². The van der Waals surface area contributed by atoms with Crippen molar-refractivity contribution in [3.63, 3.8) is 0 Å². The summed E-state index contributed by atoms with van der Waals surface area (Å²) in [6, 6.07) is 11.4. The number of hydrogen-bond acceptors (Lipinski definition) is 3. The topological polar surface area (TPSA) is 75.6 Å². The molecule has 1 amide bonds. The van der Waals surface area contributed by atoms with Gasteiger partial charge in [-0.3, -0.25) is 9.59 Å². The van der Waals surface area contributed by atoms with E-state index in [0.717, 1.165) is 51.4 Å². The van der Waals surface area contributed by atoms with Crippen LogP contribution in [0.2, 0.25) is 0 Å². The zero-order valence-electron chi connectivity index (χ0n) is 15.9. The lowest BCUT2D eigenvalue weighted by atomic mass is 10.1. The Morgan fingerprint density at radius 3 is 2.41 bits per heavy atom. The Morgan fingerprint density at radius 1 is 1.07 bits per heavy atom. The summed E-state index contributed by atoms with van der Waals surface area (Å²) in [7, 11) is 0. The van der Waals surface area contributed by atoms with Crippen molar-refractivity contribution in [2.24, 2.45) is 5.92 Å². The van der Waals surface area contributed by atoms with Crippen LogP contribution in [0.3, 0.4) is 0 Å². The van der Waals surface area contributed by atoms with Gasteiger partial charge < -0.3 is 15.2 Å². The fourth-order valence-corrected chi connectivity index (χ4v) is 4.98. The molecule has 7 heteroatoms. The van der Waals surface area contributed by atoms with Crippen molar-refractivity contribution in [3.8, 4) is 5.75 Å². The second-order valence-corrected chi connectivity index (χ2v) is 8.95. The maximum Gasteiger partial charge on any atom is 0.303 e. The second-order valence-electron chi connectivity index (χ2n) is 7.24. The van der Waals surface area contributed by atoms with Crippen LogP contribution in [0.5, 0.6) is 5.75 Å². The molecule has 0 unspecified atom stereocenters. The first-order valence-electron chi connectivity index (χ1n) is 9.64.